The number of nitrogens with zero attached hydrogens (tertiary/aromatic N) is 1. The van der Waals surface area contributed by atoms with E-state index in [9.17, 15) is 9.90 Å². The van der Waals surface area contributed by atoms with Gasteiger partial charge in [0.1, 0.15) is 0 Å². The summed E-state index contributed by atoms with van der Waals surface area (Å²) in [7, 11) is 0. The van der Waals surface area contributed by atoms with E-state index in [1.54, 1.807) is 30.3 Å². The molecule has 0 aliphatic carbocycles. The lowest BCUT2D eigenvalue weighted by molar-refractivity contribution is -0.184. The van der Waals surface area contributed by atoms with Crippen LogP contribution in [0.3, 0.4) is 0 Å². The molecule has 0 bridgehead atoms. The summed E-state index contributed by atoms with van der Waals surface area (Å²) in [5.41, 5.74) is -1.66. The van der Waals surface area contributed by atoms with Crippen LogP contribution in [0.4, 0.5) is 0 Å². The SMILES string of the molecule is NN(N)[C@@](O)(Cc1ccccc1)C(=O)O. The summed E-state index contributed by atoms with van der Waals surface area (Å²) in [6, 6.07) is 8.60. The first kappa shape index (κ1) is 11.6. The van der Waals surface area contributed by atoms with Gasteiger partial charge >= 0.3 is 5.97 Å². The van der Waals surface area contributed by atoms with E-state index in [1.165, 1.54) is 0 Å². The zero-order chi connectivity index (χ0) is 11.5. The lowest BCUT2D eigenvalue weighted by atomic mass is 10.0. The Hall–Kier alpha value is -1.47. The molecule has 0 saturated heterocycles. The molecule has 0 unspecified atom stereocenters. The molecule has 82 valence electrons. The topological polar surface area (TPSA) is 113 Å². The van der Waals surface area contributed by atoms with E-state index in [2.05, 4.69) is 0 Å². The molecule has 1 aromatic carbocycles. The van der Waals surface area contributed by atoms with Gasteiger partial charge in [-0.15, -0.1) is 5.12 Å². The van der Waals surface area contributed by atoms with Crippen LogP contribution in [0.2, 0.25) is 0 Å². The average molecular weight is 211 g/mol. The summed E-state index contributed by atoms with van der Waals surface area (Å²) in [6.07, 6.45) is -0.184. The third kappa shape index (κ3) is 2.51. The van der Waals surface area contributed by atoms with Gasteiger partial charge in [-0.2, -0.15) is 0 Å². The maximum absolute atomic E-state index is 10.8. The van der Waals surface area contributed by atoms with E-state index in [-0.39, 0.29) is 6.42 Å². The normalized spacial score (nSPS) is 14.9. The Balaban J connectivity index is 2.90. The summed E-state index contributed by atoms with van der Waals surface area (Å²) in [4.78, 5) is 10.8. The highest BCUT2D eigenvalue weighted by Gasteiger charge is 2.40. The number of nitrogens with two attached hydrogens (primary N) is 2. The molecule has 1 rings (SSSR count). The van der Waals surface area contributed by atoms with Crippen LogP contribution in [0.5, 0.6) is 0 Å². The van der Waals surface area contributed by atoms with Crippen molar-refractivity contribution < 1.29 is 15.0 Å². The van der Waals surface area contributed by atoms with Gasteiger partial charge in [0.25, 0.3) is 0 Å². The van der Waals surface area contributed by atoms with Gasteiger partial charge in [-0.1, -0.05) is 30.3 Å². The first-order valence-corrected chi connectivity index (χ1v) is 4.26. The molecule has 6 heteroatoms. The molecule has 0 saturated carbocycles. The van der Waals surface area contributed by atoms with E-state index >= 15 is 0 Å². The number of carboxylic acid groups (broad SMARTS) is 1. The van der Waals surface area contributed by atoms with Gasteiger partial charge in [0.15, 0.2) is 0 Å². The fourth-order valence-corrected chi connectivity index (χ4v) is 1.16. The van der Waals surface area contributed by atoms with Gasteiger partial charge in [0, 0.05) is 6.42 Å². The van der Waals surface area contributed by atoms with E-state index in [4.69, 9.17) is 16.8 Å². The standard InChI is InChI=1S/C9H13N3O3/c10-12(11)9(15,8(13)14)6-7-4-2-1-3-5-7/h1-5,15H,6,10-11H2,(H,13,14)/t9-/m1/s1. The number of benzene rings is 1. The molecular weight excluding hydrogens is 198 g/mol. The first-order valence-electron chi connectivity index (χ1n) is 4.26. The predicted molar refractivity (Wildman–Crippen MR) is 52.9 cm³/mol. The van der Waals surface area contributed by atoms with Gasteiger partial charge < -0.3 is 10.2 Å². The lowest BCUT2D eigenvalue weighted by Crippen LogP contribution is -2.62. The van der Waals surface area contributed by atoms with Crippen LogP contribution in [0.25, 0.3) is 0 Å². The van der Waals surface area contributed by atoms with Gasteiger partial charge in [0.2, 0.25) is 5.72 Å². The van der Waals surface area contributed by atoms with Crippen LogP contribution in [0.15, 0.2) is 30.3 Å². The van der Waals surface area contributed by atoms with E-state index in [0.717, 1.165) is 0 Å². The molecular formula is C9H13N3O3. The molecule has 6 nitrogen and oxygen atoms in total. The highest BCUT2D eigenvalue weighted by molar-refractivity contribution is 5.76. The Bertz CT molecular complexity index is 342. The van der Waals surface area contributed by atoms with Crippen LogP contribution < -0.4 is 11.7 Å². The lowest BCUT2D eigenvalue weighted by Gasteiger charge is -2.28. The van der Waals surface area contributed by atoms with Crippen LogP contribution in [-0.2, 0) is 11.2 Å². The van der Waals surface area contributed by atoms with Crippen LogP contribution in [0, 0.1) is 0 Å². The second-order valence-corrected chi connectivity index (χ2v) is 3.19. The fourth-order valence-electron chi connectivity index (χ4n) is 1.16. The number of hydrogen-bond acceptors (Lipinski definition) is 5. The predicted octanol–water partition coefficient (Wildman–Crippen LogP) is -0.948. The van der Waals surface area contributed by atoms with Crippen molar-refractivity contribution in [1.29, 1.82) is 0 Å². The summed E-state index contributed by atoms with van der Waals surface area (Å²) >= 11 is 0. The van der Waals surface area contributed by atoms with Crippen molar-refractivity contribution >= 4 is 5.97 Å². The molecule has 1 atom stereocenters. The van der Waals surface area contributed by atoms with Crippen LogP contribution in [-0.4, -0.2) is 27.0 Å². The second-order valence-electron chi connectivity index (χ2n) is 3.19. The fraction of sp³-hybridized carbons (Fsp3) is 0.222. The number of carboxylic acids is 1. The molecule has 0 amide bonds. The number of carbonyl (C=O) groups is 1. The number of aliphatic carboxylic acids is 1. The van der Waals surface area contributed by atoms with Gasteiger partial charge in [-0.25, -0.2) is 4.79 Å². The van der Waals surface area contributed by atoms with Crippen molar-refractivity contribution in [3.05, 3.63) is 35.9 Å². The zero-order valence-corrected chi connectivity index (χ0v) is 8.00. The summed E-state index contributed by atoms with van der Waals surface area (Å²) < 4.78 is 0. The Labute approximate surface area is 86.7 Å². The molecule has 0 aliphatic heterocycles. The second kappa shape index (κ2) is 4.37. The summed E-state index contributed by atoms with van der Waals surface area (Å²) in [6.45, 7) is 0. The van der Waals surface area contributed by atoms with E-state index < -0.39 is 11.7 Å². The minimum atomic E-state index is -2.29. The number of hydrazine groups is 2. The smallest absolute Gasteiger partial charge is 0.354 e. The quantitative estimate of drug-likeness (QED) is 0.290. The highest BCUT2D eigenvalue weighted by Crippen LogP contribution is 2.14. The molecule has 0 aliphatic rings. The summed E-state index contributed by atoms with van der Waals surface area (Å²) in [5.74, 6) is 8.71. The molecule has 0 heterocycles. The molecule has 15 heavy (non-hydrogen) atoms. The minimum Gasteiger partial charge on any atom is -0.478 e. The Morgan fingerprint density at radius 3 is 2.27 bits per heavy atom. The molecule has 6 N–H and O–H groups in total. The zero-order valence-electron chi connectivity index (χ0n) is 8.00. The summed E-state index contributed by atoms with van der Waals surface area (Å²) in [5, 5.41) is 18.8. The number of rotatable bonds is 4. The molecule has 1 aromatic rings. The Kier molecular flexibility index (Phi) is 3.38. The molecule has 0 aromatic heterocycles. The average Bonchev–Trinajstić information content (AvgIpc) is 2.18. The monoisotopic (exact) mass is 211 g/mol. The first-order chi connectivity index (χ1) is 6.97. The third-order valence-corrected chi connectivity index (χ3v) is 2.06. The highest BCUT2D eigenvalue weighted by atomic mass is 16.4. The van der Waals surface area contributed by atoms with E-state index in [0.29, 0.717) is 10.7 Å². The van der Waals surface area contributed by atoms with Gasteiger partial charge in [-0.3, -0.25) is 11.7 Å². The van der Waals surface area contributed by atoms with Crippen molar-refractivity contribution in [2.24, 2.45) is 11.7 Å². The maximum Gasteiger partial charge on any atom is 0.354 e. The van der Waals surface area contributed by atoms with Crippen molar-refractivity contribution in [3.63, 3.8) is 0 Å². The number of aliphatic hydroxyl groups is 1. The minimum absolute atomic E-state index is 0.184. The Morgan fingerprint density at radius 2 is 1.87 bits per heavy atom. The van der Waals surface area contributed by atoms with Crippen LogP contribution in [0.1, 0.15) is 5.56 Å². The van der Waals surface area contributed by atoms with Gasteiger partial charge in [0.05, 0.1) is 0 Å². The van der Waals surface area contributed by atoms with Crippen molar-refractivity contribution in [2.45, 2.75) is 12.1 Å². The molecule has 0 fully saturated rings. The molecule has 0 spiro atoms. The Morgan fingerprint density at radius 1 is 1.33 bits per heavy atom. The maximum atomic E-state index is 10.8. The van der Waals surface area contributed by atoms with Crippen molar-refractivity contribution in [3.8, 4) is 0 Å². The van der Waals surface area contributed by atoms with Crippen molar-refractivity contribution in [2.75, 3.05) is 0 Å². The van der Waals surface area contributed by atoms with Crippen molar-refractivity contribution in [1.82, 2.24) is 5.12 Å². The van der Waals surface area contributed by atoms with Crippen LogP contribution >= 0.6 is 0 Å². The van der Waals surface area contributed by atoms with E-state index in [1.807, 2.05) is 0 Å². The molecule has 0 radical (unpaired) electrons. The number of hydrogen-bond donors (Lipinski definition) is 4. The largest absolute Gasteiger partial charge is 0.478 e. The van der Waals surface area contributed by atoms with Gasteiger partial charge in [-0.05, 0) is 5.56 Å². The third-order valence-electron chi connectivity index (χ3n) is 2.06.